The van der Waals surface area contributed by atoms with E-state index in [0.29, 0.717) is 5.56 Å². The number of nitrogens with one attached hydrogen (secondary N) is 8. The molecule has 6 unspecified atom stereocenters. The summed E-state index contributed by atoms with van der Waals surface area (Å²) in [5.41, 5.74) is 24.3. The van der Waals surface area contributed by atoms with Gasteiger partial charge in [-0.3, -0.25) is 48.1 Å². The molecule has 0 bridgehead atoms. The maximum atomic E-state index is 13.5. The molecule has 6 atom stereocenters. The number of carboxylic acid groups (broad SMARTS) is 2. The SMILES string of the molecule is CC(NC(=O)CNC(=O)C(Cc1c[nH]c2ccccc12)NC(=O)C(N)Cc1ccccc1)C(=O)NCC(=O)NC(CCC(=O)O)C(=O)NC(CCC(N)=O)C(=O)NC(CCCN=C(N)N)C(=O)O. The zero-order valence-corrected chi connectivity index (χ0v) is 37.2. The van der Waals surface area contributed by atoms with Gasteiger partial charge in [0, 0.05) is 42.9 Å². The first-order valence-electron chi connectivity index (χ1n) is 21.4. The van der Waals surface area contributed by atoms with Gasteiger partial charge in [-0.15, -0.1) is 0 Å². The summed E-state index contributed by atoms with van der Waals surface area (Å²) in [6.45, 7) is -0.0734. The van der Waals surface area contributed by atoms with Gasteiger partial charge in [0.25, 0.3) is 0 Å². The molecule has 68 heavy (non-hydrogen) atoms. The molecule has 0 aliphatic rings. The van der Waals surface area contributed by atoms with Crippen LogP contribution in [0.25, 0.3) is 10.9 Å². The Balaban J connectivity index is 1.59. The van der Waals surface area contributed by atoms with Gasteiger partial charge in [-0.05, 0) is 56.2 Å². The first kappa shape index (κ1) is 54.2. The van der Waals surface area contributed by atoms with Crippen LogP contribution in [-0.2, 0) is 60.8 Å². The molecule has 18 N–H and O–H groups in total. The average molecular weight is 950 g/mol. The standard InChI is InChI=1S/C43H59N13O12/c1-23(52-34(58)21-51-39(64)32(19-25-20-49-28-11-6-5-10-26(25)28)56-38(63)27(44)18-24-8-3-2-4-9-24)37(62)50-22-35(59)53-29(14-16-36(60)61)40(65)54-30(13-15-33(45)57)41(66)55-31(42(67)68)12-7-17-48-43(46)47/h2-6,8-11,20,23,27,29-32,49H,7,12-19,21-22,44H2,1H3,(H2,45,57)(H,50,62)(H,51,64)(H,52,58)(H,53,59)(H,54,65)(H,55,66)(H,56,63)(H,60,61)(H,67,68)(H4,46,47,48). The third-order valence-corrected chi connectivity index (χ3v) is 10.2. The lowest BCUT2D eigenvalue weighted by molar-refractivity contribution is -0.142. The number of nitrogens with two attached hydrogens (primary N) is 4. The Morgan fingerprint density at radius 1 is 0.632 bits per heavy atom. The number of hydrogen-bond donors (Lipinski definition) is 14. The van der Waals surface area contributed by atoms with Crippen LogP contribution in [0.4, 0.5) is 0 Å². The van der Waals surface area contributed by atoms with E-state index in [2.05, 4.69) is 47.2 Å². The predicted octanol–water partition coefficient (Wildman–Crippen LogP) is -3.77. The second-order valence-electron chi connectivity index (χ2n) is 15.6. The summed E-state index contributed by atoms with van der Waals surface area (Å²) in [6.07, 6.45) is -0.0390. The van der Waals surface area contributed by atoms with Crippen LogP contribution < -0.4 is 60.2 Å². The Kier molecular flexibility index (Phi) is 21.9. The van der Waals surface area contributed by atoms with E-state index < -0.39 is 134 Å². The molecule has 0 radical (unpaired) electrons. The number of aromatic amines is 1. The van der Waals surface area contributed by atoms with Crippen molar-refractivity contribution < 1.29 is 58.2 Å². The fourth-order valence-electron chi connectivity index (χ4n) is 6.58. The molecule has 3 rings (SSSR count). The number of carbonyl (C=O) groups excluding carboxylic acids is 8. The first-order chi connectivity index (χ1) is 32.2. The number of para-hydroxylation sites is 1. The number of carboxylic acids is 2. The van der Waals surface area contributed by atoms with Crippen molar-refractivity contribution in [2.45, 2.75) is 94.5 Å². The second kappa shape index (κ2) is 27.4. The molecule has 0 saturated heterocycles. The lowest BCUT2D eigenvalue weighted by atomic mass is 10.0. The van der Waals surface area contributed by atoms with Crippen molar-refractivity contribution in [3.63, 3.8) is 0 Å². The van der Waals surface area contributed by atoms with Gasteiger partial charge in [0.15, 0.2) is 5.96 Å². The summed E-state index contributed by atoms with van der Waals surface area (Å²) in [5, 5.41) is 36.3. The highest BCUT2D eigenvalue weighted by atomic mass is 16.4. The number of amides is 8. The zero-order chi connectivity index (χ0) is 50.3. The molecule has 8 amide bonds. The molecule has 0 fully saturated rings. The number of benzene rings is 2. The predicted molar refractivity (Wildman–Crippen MR) is 244 cm³/mol. The Hall–Kier alpha value is -8.09. The average Bonchev–Trinajstić information content (AvgIpc) is 3.70. The smallest absolute Gasteiger partial charge is 0.326 e. The molecule has 0 aliphatic carbocycles. The Bertz CT molecular complexity index is 2300. The minimum absolute atomic E-state index is 0.0308. The normalized spacial score (nSPS) is 13.4. The number of rotatable bonds is 29. The number of primary amides is 1. The van der Waals surface area contributed by atoms with Crippen molar-refractivity contribution in [3.8, 4) is 0 Å². The number of fused-ring (bicyclic) bond motifs is 1. The van der Waals surface area contributed by atoms with Crippen molar-refractivity contribution in [3.05, 3.63) is 71.9 Å². The largest absolute Gasteiger partial charge is 0.481 e. The monoisotopic (exact) mass is 949 g/mol. The van der Waals surface area contributed by atoms with E-state index in [1.807, 2.05) is 42.5 Å². The number of carbonyl (C=O) groups is 10. The van der Waals surface area contributed by atoms with Crippen molar-refractivity contribution in [1.29, 1.82) is 0 Å². The van der Waals surface area contributed by atoms with Gasteiger partial charge >= 0.3 is 11.9 Å². The maximum absolute atomic E-state index is 13.5. The molecular formula is C43H59N13O12. The summed E-state index contributed by atoms with van der Waals surface area (Å²) in [6, 6.07) is 8.29. The van der Waals surface area contributed by atoms with E-state index >= 15 is 0 Å². The van der Waals surface area contributed by atoms with Gasteiger partial charge < -0.3 is 75.3 Å². The molecule has 0 saturated carbocycles. The van der Waals surface area contributed by atoms with E-state index in [-0.39, 0.29) is 38.2 Å². The molecule has 368 valence electrons. The van der Waals surface area contributed by atoms with E-state index in [1.54, 1.807) is 18.3 Å². The number of hydrogen-bond acceptors (Lipinski definition) is 12. The number of aromatic nitrogens is 1. The third kappa shape index (κ3) is 19.2. The van der Waals surface area contributed by atoms with Gasteiger partial charge in [0.2, 0.25) is 47.3 Å². The van der Waals surface area contributed by atoms with E-state index in [1.165, 1.54) is 6.92 Å². The Labute approximate surface area is 389 Å². The molecule has 1 aromatic heterocycles. The van der Waals surface area contributed by atoms with Gasteiger partial charge in [0.1, 0.15) is 30.2 Å². The number of aliphatic carboxylic acids is 2. The van der Waals surface area contributed by atoms with Crippen LogP contribution in [0.15, 0.2) is 65.8 Å². The Morgan fingerprint density at radius 3 is 1.84 bits per heavy atom. The molecule has 0 aliphatic heterocycles. The quantitative estimate of drug-likeness (QED) is 0.0180. The van der Waals surface area contributed by atoms with Crippen LogP contribution in [0.5, 0.6) is 0 Å². The van der Waals surface area contributed by atoms with E-state index in [4.69, 9.17) is 22.9 Å². The molecule has 2 aromatic carbocycles. The molecule has 25 nitrogen and oxygen atoms in total. The highest BCUT2D eigenvalue weighted by Crippen LogP contribution is 2.19. The molecule has 25 heteroatoms. The minimum atomic E-state index is -1.61. The highest BCUT2D eigenvalue weighted by Gasteiger charge is 2.31. The van der Waals surface area contributed by atoms with Crippen LogP contribution in [0.3, 0.4) is 0 Å². The number of H-pyrrole nitrogens is 1. The summed E-state index contributed by atoms with van der Waals surface area (Å²) in [5.74, 6) is -10.00. The van der Waals surface area contributed by atoms with Crippen molar-refractivity contribution >= 4 is 76.1 Å². The summed E-state index contributed by atoms with van der Waals surface area (Å²) < 4.78 is 0. The van der Waals surface area contributed by atoms with Crippen LogP contribution in [0.2, 0.25) is 0 Å². The van der Waals surface area contributed by atoms with Gasteiger partial charge in [0.05, 0.1) is 19.1 Å². The summed E-state index contributed by atoms with van der Waals surface area (Å²) in [4.78, 5) is 134. The summed E-state index contributed by atoms with van der Waals surface area (Å²) >= 11 is 0. The van der Waals surface area contributed by atoms with Crippen molar-refractivity contribution in [1.82, 2.24) is 42.2 Å². The third-order valence-electron chi connectivity index (χ3n) is 10.2. The number of guanidine groups is 1. The minimum Gasteiger partial charge on any atom is -0.481 e. The molecule has 3 aromatic rings. The zero-order valence-electron chi connectivity index (χ0n) is 37.2. The number of nitrogens with zero attached hydrogens (tertiary/aromatic N) is 1. The second-order valence-corrected chi connectivity index (χ2v) is 15.6. The lowest BCUT2D eigenvalue weighted by Crippen LogP contribution is -2.57. The van der Waals surface area contributed by atoms with Crippen LogP contribution >= 0.6 is 0 Å². The molecular weight excluding hydrogens is 891 g/mol. The fraction of sp³-hybridized carbons (Fsp3) is 0.419. The highest BCUT2D eigenvalue weighted by molar-refractivity contribution is 5.96. The van der Waals surface area contributed by atoms with Gasteiger partial charge in [-0.25, -0.2) is 4.79 Å². The van der Waals surface area contributed by atoms with Crippen LogP contribution in [0, 0.1) is 0 Å². The lowest BCUT2D eigenvalue weighted by Gasteiger charge is -2.24. The van der Waals surface area contributed by atoms with Crippen molar-refractivity contribution in [2.75, 3.05) is 19.6 Å². The first-order valence-corrected chi connectivity index (χ1v) is 21.4. The van der Waals surface area contributed by atoms with Crippen LogP contribution in [0.1, 0.15) is 56.6 Å². The van der Waals surface area contributed by atoms with Gasteiger partial charge in [-0.2, -0.15) is 0 Å². The van der Waals surface area contributed by atoms with Gasteiger partial charge in [-0.1, -0.05) is 48.5 Å². The maximum Gasteiger partial charge on any atom is 0.326 e. The van der Waals surface area contributed by atoms with E-state index in [9.17, 15) is 58.2 Å². The van der Waals surface area contributed by atoms with Crippen LogP contribution in [-0.4, -0.2) is 136 Å². The fourth-order valence-corrected chi connectivity index (χ4v) is 6.58. The Morgan fingerprint density at radius 2 is 1.21 bits per heavy atom. The molecule has 0 spiro atoms. The molecule has 1 heterocycles. The van der Waals surface area contributed by atoms with E-state index in [0.717, 1.165) is 16.5 Å². The number of aliphatic imine (C=N–C) groups is 1. The summed E-state index contributed by atoms with van der Waals surface area (Å²) in [7, 11) is 0. The van der Waals surface area contributed by atoms with Crippen molar-refractivity contribution in [2.24, 2.45) is 27.9 Å². The topological polar surface area (TPSA) is 428 Å².